The second-order valence-electron chi connectivity index (χ2n) is 8.73. The fourth-order valence-corrected chi connectivity index (χ4v) is 5.67. The predicted octanol–water partition coefficient (Wildman–Crippen LogP) is 3.93. The predicted molar refractivity (Wildman–Crippen MR) is 136 cm³/mol. The van der Waals surface area contributed by atoms with Crippen molar-refractivity contribution >= 4 is 21.6 Å². The van der Waals surface area contributed by atoms with Crippen LogP contribution in [0.25, 0.3) is 0 Å². The highest BCUT2D eigenvalue weighted by molar-refractivity contribution is 7.92. The van der Waals surface area contributed by atoms with E-state index in [9.17, 15) is 13.2 Å². The average Bonchev–Trinajstić information content (AvgIpc) is 2.82. The number of hydrogen-bond acceptors (Lipinski definition) is 5. The van der Waals surface area contributed by atoms with E-state index in [0.717, 1.165) is 31.5 Å². The maximum absolute atomic E-state index is 13.2. The number of ether oxygens (including phenoxy) is 1. The minimum absolute atomic E-state index is 0.311. The quantitative estimate of drug-likeness (QED) is 0.520. The van der Waals surface area contributed by atoms with Crippen molar-refractivity contribution in [2.45, 2.75) is 58.7 Å². The molecule has 1 atom stereocenters. The summed E-state index contributed by atoms with van der Waals surface area (Å²) in [5.74, 6) is 0.345. The van der Waals surface area contributed by atoms with Gasteiger partial charge in [0.1, 0.15) is 11.8 Å². The molecule has 8 heteroatoms. The Kier molecular flexibility index (Phi) is 9.36. The highest BCUT2D eigenvalue weighted by Crippen LogP contribution is 2.25. The average molecular weight is 488 g/mol. The Labute approximate surface area is 204 Å². The highest BCUT2D eigenvalue weighted by atomic mass is 32.2. The Bertz CT molecular complexity index is 1030. The largest absolute Gasteiger partial charge is 0.494 e. The van der Waals surface area contributed by atoms with Gasteiger partial charge in [0.05, 0.1) is 18.6 Å². The lowest BCUT2D eigenvalue weighted by molar-refractivity contribution is -0.122. The molecule has 2 aromatic rings. The molecule has 1 aliphatic heterocycles. The lowest BCUT2D eigenvalue weighted by atomic mass is 10.0. The molecule has 0 aliphatic carbocycles. The van der Waals surface area contributed by atoms with Crippen LogP contribution in [0.5, 0.6) is 5.75 Å². The van der Waals surface area contributed by atoms with E-state index in [1.54, 1.807) is 24.3 Å². The number of sulfonamides is 1. The lowest BCUT2D eigenvalue weighted by Crippen LogP contribution is -2.49. The molecular formula is C26H37N3O4S. The van der Waals surface area contributed by atoms with Gasteiger partial charge in [-0.25, -0.2) is 8.42 Å². The number of piperidine rings is 1. The number of nitrogens with zero attached hydrogens (tertiary/aromatic N) is 2. The van der Waals surface area contributed by atoms with Crippen LogP contribution in [-0.2, 0) is 27.9 Å². The summed E-state index contributed by atoms with van der Waals surface area (Å²) in [7, 11) is -3.68. The molecule has 1 unspecified atom stereocenters. The van der Waals surface area contributed by atoms with Crippen LogP contribution in [-0.4, -0.2) is 51.2 Å². The van der Waals surface area contributed by atoms with E-state index in [4.69, 9.17) is 4.74 Å². The summed E-state index contributed by atoms with van der Waals surface area (Å²) < 4.78 is 32.1. The van der Waals surface area contributed by atoms with E-state index in [-0.39, 0.29) is 5.91 Å². The highest BCUT2D eigenvalue weighted by Gasteiger charge is 2.31. The molecule has 1 saturated heterocycles. The van der Waals surface area contributed by atoms with Gasteiger partial charge in [-0.15, -0.1) is 0 Å². The van der Waals surface area contributed by atoms with Gasteiger partial charge in [-0.2, -0.15) is 0 Å². The van der Waals surface area contributed by atoms with Crippen molar-refractivity contribution in [2.24, 2.45) is 0 Å². The summed E-state index contributed by atoms with van der Waals surface area (Å²) in [4.78, 5) is 15.7. The van der Waals surface area contributed by atoms with Gasteiger partial charge in [-0.3, -0.25) is 14.0 Å². The first kappa shape index (κ1) is 26.0. The van der Waals surface area contributed by atoms with Gasteiger partial charge in [-0.05, 0) is 74.7 Å². The lowest BCUT2D eigenvalue weighted by Gasteiger charge is -2.30. The van der Waals surface area contributed by atoms with E-state index in [1.165, 1.54) is 29.1 Å². The van der Waals surface area contributed by atoms with Crippen LogP contribution in [0.3, 0.4) is 0 Å². The topological polar surface area (TPSA) is 79.0 Å². The molecule has 2 aromatic carbocycles. The van der Waals surface area contributed by atoms with Crippen molar-refractivity contribution in [1.29, 1.82) is 0 Å². The van der Waals surface area contributed by atoms with Gasteiger partial charge >= 0.3 is 0 Å². The first-order chi connectivity index (χ1) is 16.3. The van der Waals surface area contributed by atoms with Crippen molar-refractivity contribution < 1.29 is 17.9 Å². The third-order valence-corrected chi connectivity index (χ3v) is 7.33. The summed E-state index contributed by atoms with van der Waals surface area (Å²) in [6, 6.07) is 14.1. The molecule has 1 heterocycles. The molecule has 0 aromatic heterocycles. The third kappa shape index (κ3) is 6.96. The molecule has 0 bridgehead atoms. The number of amides is 1. The van der Waals surface area contributed by atoms with Gasteiger partial charge in [0.15, 0.2) is 0 Å². The van der Waals surface area contributed by atoms with Crippen LogP contribution in [0.4, 0.5) is 5.69 Å². The number of anilines is 1. The zero-order chi connectivity index (χ0) is 24.6. The molecule has 0 saturated carbocycles. The third-order valence-electron chi connectivity index (χ3n) is 6.15. The van der Waals surface area contributed by atoms with E-state index in [2.05, 4.69) is 16.3 Å². The van der Waals surface area contributed by atoms with Crippen molar-refractivity contribution in [3.05, 3.63) is 59.7 Å². The monoisotopic (exact) mass is 487 g/mol. The Morgan fingerprint density at radius 3 is 2.26 bits per heavy atom. The summed E-state index contributed by atoms with van der Waals surface area (Å²) in [5.41, 5.74) is 2.70. The van der Waals surface area contributed by atoms with Crippen molar-refractivity contribution in [3.8, 4) is 5.75 Å². The second-order valence-corrected chi connectivity index (χ2v) is 10.6. The van der Waals surface area contributed by atoms with Crippen LogP contribution in [0.15, 0.2) is 48.5 Å². The van der Waals surface area contributed by atoms with Crippen molar-refractivity contribution in [3.63, 3.8) is 0 Å². The minimum Gasteiger partial charge on any atom is -0.494 e. The molecular weight excluding hydrogens is 450 g/mol. The number of likely N-dealkylation sites (tertiary alicyclic amines) is 1. The number of rotatable bonds is 11. The van der Waals surface area contributed by atoms with Crippen LogP contribution < -0.4 is 14.4 Å². The molecule has 1 N–H and O–H groups in total. The number of nitrogens with one attached hydrogen (secondary N) is 1. The van der Waals surface area contributed by atoms with Crippen molar-refractivity contribution in [1.82, 2.24) is 10.2 Å². The Hall–Kier alpha value is -2.58. The maximum atomic E-state index is 13.2. The Morgan fingerprint density at radius 2 is 1.68 bits per heavy atom. The van der Waals surface area contributed by atoms with Gasteiger partial charge < -0.3 is 10.1 Å². The Balaban J connectivity index is 1.74. The zero-order valence-electron chi connectivity index (χ0n) is 20.5. The first-order valence-electron chi connectivity index (χ1n) is 12.1. The molecule has 1 amide bonds. The number of carbonyl (C=O) groups is 1. The van der Waals surface area contributed by atoms with Gasteiger partial charge in [0.25, 0.3) is 0 Å². The standard InChI is InChI=1S/C26H37N3O4S/c1-4-25(29(34(3,31)32)23-13-15-24(16-14-23)33-5-2)26(30)27-19-21-11-7-8-12-22(21)20-28-17-9-6-10-18-28/h7-8,11-16,25H,4-6,9-10,17-20H2,1-3H3,(H,27,30). The minimum atomic E-state index is -3.68. The fourth-order valence-electron chi connectivity index (χ4n) is 4.46. The summed E-state index contributed by atoms with van der Waals surface area (Å²) in [5, 5.41) is 2.99. The summed E-state index contributed by atoms with van der Waals surface area (Å²) >= 11 is 0. The van der Waals surface area contributed by atoms with Crippen LogP contribution in [0.1, 0.15) is 50.7 Å². The molecule has 1 aliphatic rings. The summed E-state index contributed by atoms with van der Waals surface area (Å²) in [6.07, 6.45) is 5.22. The van der Waals surface area contributed by atoms with Crippen LogP contribution in [0.2, 0.25) is 0 Å². The number of hydrogen-bond donors (Lipinski definition) is 1. The molecule has 0 radical (unpaired) electrons. The Morgan fingerprint density at radius 1 is 1.03 bits per heavy atom. The van der Waals surface area contributed by atoms with E-state index >= 15 is 0 Å². The zero-order valence-corrected chi connectivity index (χ0v) is 21.3. The van der Waals surface area contributed by atoms with Crippen LogP contribution in [0, 0.1) is 0 Å². The smallest absolute Gasteiger partial charge is 0.244 e. The van der Waals surface area contributed by atoms with Gasteiger partial charge in [-0.1, -0.05) is 37.6 Å². The van der Waals surface area contributed by atoms with Crippen LogP contribution >= 0.6 is 0 Å². The normalized spacial score (nSPS) is 15.5. The van der Waals surface area contributed by atoms with Gasteiger partial charge in [0, 0.05) is 13.1 Å². The van der Waals surface area contributed by atoms with Crippen molar-refractivity contribution in [2.75, 3.05) is 30.3 Å². The molecule has 1 fully saturated rings. The second kappa shape index (κ2) is 12.2. The molecule has 7 nitrogen and oxygen atoms in total. The number of carbonyl (C=O) groups excluding carboxylic acids is 1. The molecule has 0 spiro atoms. The first-order valence-corrected chi connectivity index (χ1v) is 14.0. The van der Waals surface area contributed by atoms with Gasteiger partial charge in [0.2, 0.25) is 15.9 Å². The molecule has 186 valence electrons. The van der Waals surface area contributed by atoms with E-state index in [1.807, 2.05) is 32.0 Å². The summed E-state index contributed by atoms with van der Waals surface area (Å²) in [6.45, 7) is 7.66. The molecule has 3 rings (SSSR count). The van der Waals surface area contributed by atoms with E-state index in [0.29, 0.717) is 31.0 Å². The maximum Gasteiger partial charge on any atom is 0.244 e. The SMILES string of the molecule is CCOc1ccc(N(C(CC)C(=O)NCc2ccccc2CN2CCCCC2)S(C)(=O)=O)cc1. The number of benzene rings is 2. The molecule has 34 heavy (non-hydrogen) atoms. The van der Waals surface area contributed by atoms with E-state index < -0.39 is 16.1 Å². The fraction of sp³-hybridized carbons (Fsp3) is 0.500.